The van der Waals surface area contributed by atoms with Gasteiger partial charge in [-0.15, -0.1) is 10.2 Å². The fourth-order valence-electron chi connectivity index (χ4n) is 7.02. The number of rotatable bonds is 9. The number of carbonyl (C=O) groups is 1. The molecule has 2 aliphatic heterocycles. The number of nitrogens with zero attached hydrogens (tertiary/aromatic N) is 3. The molecule has 1 N–H and O–H groups in total. The van der Waals surface area contributed by atoms with E-state index in [0.717, 1.165) is 73.8 Å². The van der Waals surface area contributed by atoms with Gasteiger partial charge in [0.15, 0.2) is 5.69 Å². The Balaban J connectivity index is 1.18. The van der Waals surface area contributed by atoms with E-state index in [1.165, 1.54) is 25.0 Å². The van der Waals surface area contributed by atoms with Gasteiger partial charge in [0.2, 0.25) is 5.88 Å². The number of halogens is 3. The van der Waals surface area contributed by atoms with E-state index in [0.29, 0.717) is 49.6 Å². The monoisotopic (exact) mass is 618 g/mol. The maximum Gasteiger partial charge on any atom is 0.416 e. The summed E-state index contributed by atoms with van der Waals surface area (Å²) >= 11 is 0. The van der Waals surface area contributed by atoms with Gasteiger partial charge in [-0.3, -0.25) is 4.79 Å². The third-order valence-corrected chi connectivity index (χ3v) is 9.62. The highest BCUT2D eigenvalue weighted by Crippen LogP contribution is 2.36. The van der Waals surface area contributed by atoms with Gasteiger partial charge < -0.3 is 24.4 Å². The van der Waals surface area contributed by atoms with Gasteiger partial charge in [-0.25, -0.2) is 0 Å². The summed E-state index contributed by atoms with van der Waals surface area (Å²) < 4.78 is 56.6. The molecular weight excluding hydrogens is 573 g/mol. The minimum absolute atomic E-state index is 0.0686. The van der Waals surface area contributed by atoms with Crippen LogP contribution in [0.5, 0.6) is 5.88 Å². The first-order valence-electron chi connectivity index (χ1n) is 16.0. The molecule has 2 aromatic rings. The van der Waals surface area contributed by atoms with Crippen LogP contribution in [0.4, 0.5) is 13.2 Å². The maximum atomic E-state index is 13.6. The lowest BCUT2D eigenvalue weighted by Crippen LogP contribution is -2.52. The molecule has 3 fully saturated rings. The standard InChI is InChI=1S/C33H45F3N4O4/c1-21-26(16-15-25-7-6-10-28(44-25)22-11-13-23(14-12-22)33(34,35)36)31(43-3)39-38-30(21)32(41)40-19-17-24(18-20-40)37-27-8-4-5-9-29(27)42-2/h11-14,24-25,27-29,37H,4-10,15-20H2,1-3H3/t25-,27-,28+,29+/m1/s1. The number of likely N-dealkylation sites (tertiary alicyclic amines) is 1. The zero-order valence-electron chi connectivity index (χ0n) is 26.0. The van der Waals surface area contributed by atoms with Crippen LogP contribution in [-0.4, -0.2) is 72.6 Å². The van der Waals surface area contributed by atoms with Crippen LogP contribution < -0.4 is 10.1 Å². The van der Waals surface area contributed by atoms with Crippen LogP contribution in [0.3, 0.4) is 0 Å². The molecule has 0 radical (unpaired) electrons. The number of nitrogens with one attached hydrogen (secondary N) is 1. The molecule has 0 spiro atoms. The van der Waals surface area contributed by atoms with Crippen LogP contribution in [0.15, 0.2) is 24.3 Å². The first-order chi connectivity index (χ1) is 21.2. The average Bonchev–Trinajstić information content (AvgIpc) is 3.04. The Morgan fingerprint density at radius 2 is 1.73 bits per heavy atom. The summed E-state index contributed by atoms with van der Waals surface area (Å²) in [6, 6.07) is 5.99. The summed E-state index contributed by atoms with van der Waals surface area (Å²) in [6.07, 6.45) is 5.80. The molecule has 44 heavy (non-hydrogen) atoms. The van der Waals surface area contributed by atoms with Gasteiger partial charge in [0, 0.05) is 37.8 Å². The summed E-state index contributed by atoms with van der Waals surface area (Å²) in [4.78, 5) is 15.5. The summed E-state index contributed by atoms with van der Waals surface area (Å²) in [5.74, 6) is 0.290. The second kappa shape index (κ2) is 14.6. The van der Waals surface area contributed by atoms with E-state index in [9.17, 15) is 18.0 Å². The van der Waals surface area contributed by atoms with Crippen molar-refractivity contribution in [3.63, 3.8) is 0 Å². The highest BCUT2D eigenvalue weighted by Gasteiger charge is 2.33. The van der Waals surface area contributed by atoms with Crippen molar-refractivity contribution in [2.24, 2.45) is 0 Å². The minimum Gasteiger partial charge on any atom is -0.480 e. The van der Waals surface area contributed by atoms with Gasteiger partial charge in [0.05, 0.1) is 31.0 Å². The van der Waals surface area contributed by atoms with Crippen LogP contribution in [0.2, 0.25) is 0 Å². The van der Waals surface area contributed by atoms with Crippen LogP contribution in [0.25, 0.3) is 0 Å². The Morgan fingerprint density at radius 1 is 1.00 bits per heavy atom. The van der Waals surface area contributed by atoms with Crippen molar-refractivity contribution >= 4 is 5.91 Å². The molecule has 5 rings (SSSR count). The molecule has 1 saturated carbocycles. The van der Waals surface area contributed by atoms with E-state index in [4.69, 9.17) is 14.2 Å². The third-order valence-electron chi connectivity index (χ3n) is 9.62. The van der Waals surface area contributed by atoms with Crippen LogP contribution in [0, 0.1) is 6.92 Å². The molecule has 0 unspecified atom stereocenters. The fraction of sp³-hybridized carbons (Fsp3) is 0.667. The van der Waals surface area contributed by atoms with Crippen LogP contribution >= 0.6 is 0 Å². The molecule has 0 bridgehead atoms. The molecule has 242 valence electrons. The van der Waals surface area contributed by atoms with Gasteiger partial charge in [0.25, 0.3) is 5.91 Å². The van der Waals surface area contributed by atoms with E-state index in [-0.39, 0.29) is 24.2 Å². The van der Waals surface area contributed by atoms with Crippen LogP contribution in [0.1, 0.15) is 103 Å². The molecule has 1 aliphatic carbocycles. The van der Waals surface area contributed by atoms with Gasteiger partial charge in [-0.1, -0.05) is 25.0 Å². The smallest absolute Gasteiger partial charge is 0.416 e. The van der Waals surface area contributed by atoms with Crippen molar-refractivity contribution in [3.05, 3.63) is 52.2 Å². The first kappa shape index (κ1) is 32.6. The van der Waals surface area contributed by atoms with E-state index in [1.807, 2.05) is 11.8 Å². The number of aromatic nitrogens is 2. The van der Waals surface area contributed by atoms with Gasteiger partial charge in [0.1, 0.15) is 0 Å². The van der Waals surface area contributed by atoms with Crippen molar-refractivity contribution in [3.8, 4) is 5.88 Å². The number of alkyl halides is 3. The first-order valence-corrected chi connectivity index (χ1v) is 16.0. The number of methoxy groups -OCH3 is 2. The second-order valence-corrected chi connectivity index (χ2v) is 12.4. The van der Waals surface area contributed by atoms with Gasteiger partial charge >= 0.3 is 6.18 Å². The molecule has 3 heterocycles. The largest absolute Gasteiger partial charge is 0.480 e. The Morgan fingerprint density at radius 3 is 2.41 bits per heavy atom. The predicted octanol–water partition coefficient (Wildman–Crippen LogP) is 6.21. The number of benzene rings is 1. The van der Waals surface area contributed by atoms with E-state index < -0.39 is 11.7 Å². The molecule has 1 aromatic heterocycles. The number of hydrogen-bond acceptors (Lipinski definition) is 7. The minimum atomic E-state index is -4.36. The Labute approximate surface area is 258 Å². The Bertz CT molecular complexity index is 1250. The summed E-state index contributed by atoms with van der Waals surface area (Å²) in [6.45, 7) is 3.21. The number of carbonyl (C=O) groups excluding carboxylic acids is 1. The summed E-state index contributed by atoms with van der Waals surface area (Å²) in [5.41, 5.74) is 2.05. The molecular formula is C33H45F3N4O4. The maximum absolute atomic E-state index is 13.6. The zero-order valence-corrected chi connectivity index (χ0v) is 26.0. The van der Waals surface area contributed by atoms with Gasteiger partial charge in [-0.05, 0) is 88.0 Å². The highest BCUT2D eigenvalue weighted by molar-refractivity contribution is 5.94. The summed E-state index contributed by atoms with van der Waals surface area (Å²) in [5, 5.41) is 12.3. The molecule has 8 nitrogen and oxygen atoms in total. The SMILES string of the molecule is COc1nnc(C(=O)N2CCC(N[C@@H]3CCCC[C@@H]3OC)CC2)c(C)c1CC[C@H]1CCC[C@@H](c2ccc(C(F)(F)F)cc2)O1. The highest BCUT2D eigenvalue weighted by atomic mass is 19.4. The molecule has 4 atom stereocenters. The number of hydrogen-bond donors (Lipinski definition) is 1. The zero-order chi connectivity index (χ0) is 31.3. The molecule has 2 saturated heterocycles. The Kier molecular flexibility index (Phi) is 10.8. The molecule has 11 heteroatoms. The lowest BCUT2D eigenvalue weighted by atomic mass is 9.90. The number of amides is 1. The predicted molar refractivity (Wildman–Crippen MR) is 160 cm³/mol. The normalized spacial score (nSPS) is 25.2. The quantitative estimate of drug-likeness (QED) is 0.358. The van der Waals surface area contributed by atoms with Crippen molar-refractivity contribution in [2.45, 2.75) is 114 Å². The van der Waals surface area contributed by atoms with Crippen molar-refractivity contribution in [2.75, 3.05) is 27.3 Å². The van der Waals surface area contributed by atoms with Gasteiger partial charge in [-0.2, -0.15) is 13.2 Å². The lowest BCUT2D eigenvalue weighted by Gasteiger charge is -2.38. The van der Waals surface area contributed by atoms with E-state index in [1.54, 1.807) is 14.2 Å². The summed E-state index contributed by atoms with van der Waals surface area (Å²) in [7, 11) is 3.34. The topological polar surface area (TPSA) is 85.8 Å². The van der Waals surface area contributed by atoms with Crippen molar-refractivity contribution in [1.29, 1.82) is 0 Å². The second-order valence-electron chi connectivity index (χ2n) is 12.4. The molecule has 3 aliphatic rings. The van der Waals surface area contributed by atoms with E-state index in [2.05, 4.69) is 15.5 Å². The average molecular weight is 619 g/mol. The van der Waals surface area contributed by atoms with Crippen LogP contribution in [-0.2, 0) is 22.1 Å². The van der Waals surface area contributed by atoms with Crippen molar-refractivity contribution < 1.29 is 32.2 Å². The molecule has 1 aromatic carbocycles. The number of piperidine rings is 1. The lowest BCUT2D eigenvalue weighted by molar-refractivity contribution is -0.137. The molecule has 1 amide bonds. The third kappa shape index (κ3) is 7.72. The Hall–Kier alpha value is -2.76. The number of ether oxygens (including phenoxy) is 3. The fourth-order valence-corrected chi connectivity index (χ4v) is 7.02. The van der Waals surface area contributed by atoms with E-state index >= 15 is 0 Å². The van der Waals surface area contributed by atoms with Crippen molar-refractivity contribution in [1.82, 2.24) is 20.4 Å².